The van der Waals surface area contributed by atoms with E-state index in [2.05, 4.69) is 15.9 Å². The third-order valence-corrected chi connectivity index (χ3v) is 4.33. The molecule has 3 rings (SSSR count). The summed E-state index contributed by atoms with van der Waals surface area (Å²) in [6.45, 7) is 0. The Morgan fingerprint density at radius 1 is 0.840 bits per heavy atom. The van der Waals surface area contributed by atoms with Crippen molar-refractivity contribution in [2.45, 2.75) is 0 Å². The lowest BCUT2D eigenvalue weighted by Gasteiger charge is -2.07. The summed E-state index contributed by atoms with van der Waals surface area (Å²) in [5, 5.41) is 0.309. The van der Waals surface area contributed by atoms with Crippen molar-refractivity contribution in [2.75, 3.05) is 0 Å². The minimum Gasteiger partial charge on any atom is -0.423 e. The van der Waals surface area contributed by atoms with Gasteiger partial charge in [-0.25, -0.2) is 4.79 Å². The van der Waals surface area contributed by atoms with E-state index in [1.54, 1.807) is 54.6 Å². The van der Waals surface area contributed by atoms with E-state index in [9.17, 15) is 9.59 Å². The molecule has 0 spiro atoms. The molecule has 124 valence electrons. The van der Waals surface area contributed by atoms with E-state index in [1.165, 1.54) is 0 Å². The van der Waals surface area contributed by atoms with Crippen LogP contribution < -0.4 is 4.74 Å². The van der Waals surface area contributed by atoms with E-state index < -0.39 is 5.97 Å². The predicted molar refractivity (Wildman–Crippen MR) is 100 cm³/mol. The monoisotopic (exact) mass is 414 g/mol. The van der Waals surface area contributed by atoms with Crippen LogP contribution in [-0.2, 0) is 0 Å². The molecule has 0 bridgehead atoms. The lowest BCUT2D eigenvalue weighted by atomic mass is 10.0. The van der Waals surface area contributed by atoms with E-state index in [4.69, 9.17) is 16.3 Å². The Balaban J connectivity index is 1.76. The second kappa shape index (κ2) is 7.64. The third kappa shape index (κ3) is 4.16. The normalized spacial score (nSPS) is 10.3. The molecule has 5 heteroatoms. The Kier molecular flexibility index (Phi) is 5.31. The van der Waals surface area contributed by atoms with E-state index in [0.717, 1.165) is 4.47 Å². The van der Waals surface area contributed by atoms with E-state index in [-0.39, 0.29) is 11.3 Å². The number of halogens is 2. The molecule has 0 heterocycles. The maximum atomic E-state index is 12.4. The maximum absolute atomic E-state index is 12.4. The molecule has 0 aliphatic carbocycles. The topological polar surface area (TPSA) is 43.4 Å². The van der Waals surface area contributed by atoms with Crippen LogP contribution in [0.1, 0.15) is 26.3 Å². The first-order valence-electron chi connectivity index (χ1n) is 7.41. The van der Waals surface area contributed by atoms with Crippen molar-refractivity contribution in [1.82, 2.24) is 0 Å². The summed E-state index contributed by atoms with van der Waals surface area (Å²) < 4.78 is 6.05. The van der Waals surface area contributed by atoms with Crippen LogP contribution in [0.15, 0.2) is 77.3 Å². The summed E-state index contributed by atoms with van der Waals surface area (Å²) in [5.41, 5.74) is 1.39. The van der Waals surface area contributed by atoms with Gasteiger partial charge in [0.15, 0.2) is 5.78 Å². The van der Waals surface area contributed by atoms with E-state index in [1.807, 2.05) is 18.2 Å². The van der Waals surface area contributed by atoms with Crippen LogP contribution in [-0.4, -0.2) is 11.8 Å². The average Bonchev–Trinajstić information content (AvgIpc) is 2.64. The van der Waals surface area contributed by atoms with Crippen LogP contribution in [0.4, 0.5) is 0 Å². The maximum Gasteiger partial charge on any atom is 0.345 e. The second-order valence-electron chi connectivity index (χ2n) is 5.23. The van der Waals surface area contributed by atoms with Crippen LogP contribution in [0.2, 0.25) is 5.02 Å². The second-order valence-corrected chi connectivity index (χ2v) is 6.56. The van der Waals surface area contributed by atoms with Crippen LogP contribution in [0, 0.1) is 0 Å². The molecule has 0 aromatic heterocycles. The summed E-state index contributed by atoms with van der Waals surface area (Å²) in [5.74, 6) is -0.312. The highest BCUT2D eigenvalue weighted by Gasteiger charge is 2.14. The number of ether oxygens (including phenoxy) is 1. The number of esters is 1. The van der Waals surface area contributed by atoms with Gasteiger partial charge < -0.3 is 4.74 Å². The molecular weight excluding hydrogens is 404 g/mol. The number of hydrogen-bond donors (Lipinski definition) is 0. The van der Waals surface area contributed by atoms with Crippen LogP contribution >= 0.6 is 27.5 Å². The molecule has 0 aliphatic heterocycles. The summed E-state index contributed by atoms with van der Waals surface area (Å²) >= 11 is 9.32. The van der Waals surface area contributed by atoms with Crippen LogP contribution in [0.5, 0.6) is 5.75 Å². The third-order valence-electron chi connectivity index (χ3n) is 3.51. The predicted octanol–water partition coefficient (Wildman–Crippen LogP) is 5.55. The van der Waals surface area contributed by atoms with Gasteiger partial charge in [0.25, 0.3) is 0 Å². The van der Waals surface area contributed by atoms with Crippen LogP contribution in [0.25, 0.3) is 0 Å². The molecule has 0 N–H and O–H groups in total. The number of carbonyl (C=O) groups excluding carboxylic acids is 2. The summed E-state index contributed by atoms with van der Waals surface area (Å²) in [7, 11) is 0. The van der Waals surface area contributed by atoms with Gasteiger partial charge in [0.2, 0.25) is 0 Å². The smallest absolute Gasteiger partial charge is 0.345 e. The van der Waals surface area contributed by atoms with Gasteiger partial charge in [-0.3, -0.25) is 4.79 Å². The van der Waals surface area contributed by atoms with Gasteiger partial charge in [-0.05, 0) is 42.5 Å². The Labute approximate surface area is 158 Å². The molecule has 0 aliphatic rings. The molecular formula is C20H12BrClO3. The SMILES string of the molecule is O=C(c1ccccc1)c1ccc(OC(=O)c2cc(Br)ccc2Cl)cc1. The van der Waals surface area contributed by atoms with Crippen molar-refractivity contribution in [3.63, 3.8) is 0 Å². The fourth-order valence-electron chi connectivity index (χ4n) is 2.25. The fourth-order valence-corrected chi connectivity index (χ4v) is 2.80. The number of benzene rings is 3. The summed E-state index contributed by atoms with van der Waals surface area (Å²) in [6.07, 6.45) is 0. The van der Waals surface area contributed by atoms with Gasteiger partial charge in [0.05, 0.1) is 10.6 Å². The zero-order valence-electron chi connectivity index (χ0n) is 12.9. The lowest BCUT2D eigenvalue weighted by molar-refractivity contribution is 0.0735. The number of rotatable bonds is 4. The minimum absolute atomic E-state index is 0.0893. The van der Waals surface area contributed by atoms with Crippen molar-refractivity contribution in [3.05, 3.63) is 99.0 Å². The first kappa shape index (κ1) is 17.4. The van der Waals surface area contributed by atoms with Crippen molar-refractivity contribution in [3.8, 4) is 5.75 Å². The Morgan fingerprint density at radius 2 is 1.48 bits per heavy atom. The molecule has 0 radical (unpaired) electrons. The minimum atomic E-state index is -0.562. The molecule has 3 nitrogen and oxygen atoms in total. The molecule has 0 fully saturated rings. The van der Waals surface area contributed by atoms with E-state index >= 15 is 0 Å². The molecule has 0 amide bonds. The highest BCUT2D eigenvalue weighted by Crippen LogP contribution is 2.23. The number of ketones is 1. The Morgan fingerprint density at radius 3 is 2.16 bits per heavy atom. The average molecular weight is 416 g/mol. The van der Waals surface area contributed by atoms with Gasteiger partial charge in [-0.2, -0.15) is 0 Å². The van der Waals surface area contributed by atoms with Crippen molar-refractivity contribution < 1.29 is 14.3 Å². The Hall–Kier alpha value is -2.43. The zero-order chi connectivity index (χ0) is 17.8. The van der Waals surface area contributed by atoms with Crippen molar-refractivity contribution in [2.24, 2.45) is 0 Å². The zero-order valence-corrected chi connectivity index (χ0v) is 15.3. The largest absolute Gasteiger partial charge is 0.423 e. The first-order valence-corrected chi connectivity index (χ1v) is 8.59. The molecule has 0 unspecified atom stereocenters. The van der Waals surface area contributed by atoms with Gasteiger partial charge >= 0.3 is 5.97 Å². The van der Waals surface area contributed by atoms with Crippen LogP contribution in [0.3, 0.4) is 0 Å². The molecule has 25 heavy (non-hydrogen) atoms. The molecule has 3 aromatic rings. The summed E-state index contributed by atoms with van der Waals surface area (Å²) in [6, 6.07) is 20.4. The fraction of sp³-hybridized carbons (Fsp3) is 0. The van der Waals surface area contributed by atoms with Gasteiger partial charge in [0.1, 0.15) is 5.75 Å². The van der Waals surface area contributed by atoms with Gasteiger partial charge in [-0.1, -0.05) is 57.9 Å². The molecule has 3 aromatic carbocycles. The van der Waals surface area contributed by atoms with E-state index in [0.29, 0.717) is 21.9 Å². The number of hydrogen-bond acceptors (Lipinski definition) is 3. The van der Waals surface area contributed by atoms with Gasteiger partial charge in [0, 0.05) is 15.6 Å². The number of carbonyl (C=O) groups is 2. The molecule has 0 saturated carbocycles. The Bertz CT molecular complexity index is 921. The van der Waals surface area contributed by atoms with Crippen molar-refractivity contribution >= 4 is 39.3 Å². The molecule has 0 atom stereocenters. The quantitative estimate of drug-likeness (QED) is 0.319. The lowest BCUT2D eigenvalue weighted by Crippen LogP contribution is -2.09. The highest BCUT2D eigenvalue weighted by atomic mass is 79.9. The first-order chi connectivity index (χ1) is 12.0. The van der Waals surface area contributed by atoms with Crippen molar-refractivity contribution in [1.29, 1.82) is 0 Å². The highest BCUT2D eigenvalue weighted by molar-refractivity contribution is 9.10. The summed E-state index contributed by atoms with van der Waals surface area (Å²) in [4.78, 5) is 24.6. The standard InChI is InChI=1S/C20H12BrClO3/c21-15-8-11-18(22)17(12-15)20(24)25-16-9-6-14(7-10-16)19(23)13-4-2-1-3-5-13/h1-12H. The molecule has 0 saturated heterocycles. The van der Waals surface area contributed by atoms with Gasteiger partial charge in [-0.15, -0.1) is 0 Å².